The number of thiophene rings is 1. The summed E-state index contributed by atoms with van der Waals surface area (Å²) in [6.45, 7) is 0. The molecule has 4 heteroatoms. The Balaban J connectivity index is 2.75. The Morgan fingerprint density at radius 1 is 1.38 bits per heavy atom. The van der Waals surface area contributed by atoms with E-state index in [0.29, 0.717) is 5.88 Å². The van der Waals surface area contributed by atoms with E-state index >= 15 is 0 Å². The van der Waals surface area contributed by atoms with E-state index in [-0.39, 0.29) is 0 Å². The van der Waals surface area contributed by atoms with Crippen LogP contribution in [-0.4, -0.2) is 0 Å². The van der Waals surface area contributed by atoms with Crippen LogP contribution >= 0.6 is 57.1 Å². The van der Waals surface area contributed by atoms with Gasteiger partial charge in [0.15, 0.2) is 0 Å². The number of hydrogen-bond donors (Lipinski definition) is 0. The molecule has 1 aromatic heterocycles. The fraction of sp³-hybridized carbons (Fsp3) is 0.111. The molecule has 0 aliphatic rings. The van der Waals surface area contributed by atoms with Crippen LogP contribution in [0, 0.1) is 2.88 Å². The lowest BCUT2D eigenvalue weighted by atomic mass is 10.2. The monoisotopic (exact) mass is 342 g/mol. The first kappa shape index (κ1) is 10.0. The van der Waals surface area contributed by atoms with Gasteiger partial charge in [0.25, 0.3) is 0 Å². The van der Waals surface area contributed by atoms with E-state index in [9.17, 15) is 0 Å². The molecule has 0 aliphatic heterocycles. The lowest BCUT2D eigenvalue weighted by Gasteiger charge is -1.94. The second-order valence-electron chi connectivity index (χ2n) is 2.65. The molecule has 0 spiro atoms. The second-order valence-corrected chi connectivity index (χ2v) is 6.16. The number of halogens is 3. The average Bonchev–Trinajstić information content (AvgIpc) is 2.43. The predicted octanol–water partition coefficient (Wildman–Crippen LogP) is 4.90. The van der Waals surface area contributed by atoms with Gasteiger partial charge in [-0.3, -0.25) is 0 Å². The molecule has 0 radical (unpaired) electrons. The van der Waals surface area contributed by atoms with Gasteiger partial charge in [0.2, 0.25) is 0 Å². The van der Waals surface area contributed by atoms with E-state index in [2.05, 4.69) is 34.7 Å². The summed E-state index contributed by atoms with van der Waals surface area (Å²) in [7, 11) is 0. The molecular weight excluding hydrogens is 338 g/mol. The number of alkyl halides is 1. The maximum absolute atomic E-state index is 6.13. The summed E-state index contributed by atoms with van der Waals surface area (Å²) >= 11 is 15.8. The standard InChI is InChI=1S/C9H5Cl2IS/c10-4-5-1-2-7-6(3-5)8(11)9(12)13-7/h1-3H,4H2. The van der Waals surface area contributed by atoms with Gasteiger partial charge in [0, 0.05) is 16.0 Å². The number of benzene rings is 1. The molecule has 0 saturated heterocycles. The molecule has 2 rings (SSSR count). The number of hydrogen-bond acceptors (Lipinski definition) is 1. The van der Waals surface area contributed by atoms with Crippen molar-refractivity contribution in [1.29, 1.82) is 0 Å². The molecule has 1 heterocycles. The number of rotatable bonds is 1. The first-order valence-electron chi connectivity index (χ1n) is 3.65. The zero-order valence-electron chi connectivity index (χ0n) is 6.48. The SMILES string of the molecule is ClCc1ccc2sc(I)c(Cl)c2c1. The summed E-state index contributed by atoms with van der Waals surface area (Å²) in [4.78, 5) is 0. The van der Waals surface area contributed by atoms with Crippen molar-refractivity contribution in [1.82, 2.24) is 0 Å². The van der Waals surface area contributed by atoms with Crippen LogP contribution in [0.2, 0.25) is 5.02 Å². The smallest absolute Gasteiger partial charge is 0.0852 e. The largest absolute Gasteiger partial charge is 0.128 e. The van der Waals surface area contributed by atoms with Gasteiger partial charge in [-0.1, -0.05) is 17.7 Å². The van der Waals surface area contributed by atoms with Crippen molar-refractivity contribution in [3.8, 4) is 0 Å². The highest BCUT2D eigenvalue weighted by molar-refractivity contribution is 14.1. The maximum atomic E-state index is 6.13. The third kappa shape index (κ3) is 1.82. The van der Waals surface area contributed by atoms with Gasteiger partial charge < -0.3 is 0 Å². The first-order chi connectivity index (χ1) is 6.22. The molecule has 1 aromatic carbocycles. The van der Waals surface area contributed by atoms with Crippen LogP contribution in [-0.2, 0) is 5.88 Å². The average molecular weight is 343 g/mol. The zero-order chi connectivity index (χ0) is 9.42. The van der Waals surface area contributed by atoms with Gasteiger partial charge >= 0.3 is 0 Å². The fourth-order valence-electron chi connectivity index (χ4n) is 1.17. The minimum Gasteiger partial charge on any atom is -0.128 e. The van der Waals surface area contributed by atoms with Crippen LogP contribution in [0.25, 0.3) is 10.1 Å². The molecule has 68 valence electrons. The van der Waals surface area contributed by atoms with E-state index in [1.165, 1.54) is 4.70 Å². The highest BCUT2D eigenvalue weighted by atomic mass is 127. The minimum absolute atomic E-state index is 0.540. The molecule has 0 saturated carbocycles. The van der Waals surface area contributed by atoms with Crippen molar-refractivity contribution in [2.24, 2.45) is 0 Å². The van der Waals surface area contributed by atoms with Gasteiger partial charge in [0.05, 0.1) is 7.91 Å². The van der Waals surface area contributed by atoms with Crippen LogP contribution in [0.1, 0.15) is 5.56 Å². The van der Waals surface area contributed by atoms with Crippen molar-refractivity contribution in [3.63, 3.8) is 0 Å². The topological polar surface area (TPSA) is 0 Å². The summed E-state index contributed by atoms with van der Waals surface area (Å²) in [5, 5.41) is 1.97. The van der Waals surface area contributed by atoms with Gasteiger partial charge in [0.1, 0.15) is 0 Å². The van der Waals surface area contributed by atoms with Crippen LogP contribution in [0.3, 0.4) is 0 Å². The molecule has 0 aliphatic carbocycles. The van der Waals surface area contributed by atoms with Crippen LogP contribution in [0.5, 0.6) is 0 Å². The first-order valence-corrected chi connectivity index (χ1v) is 6.45. The Labute approximate surface area is 104 Å². The second kappa shape index (κ2) is 3.93. The van der Waals surface area contributed by atoms with Gasteiger partial charge in [-0.15, -0.1) is 22.9 Å². The molecule has 0 fully saturated rings. The van der Waals surface area contributed by atoms with Crippen molar-refractivity contribution < 1.29 is 0 Å². The quantitative estimate of drug-likeness (QED) is 0.511. The van der Waals surface area contributed by atoms with Crippen LogP contribution in [0.15, 0.2) is 18.2 Å². The Kier molecular flexibility index (Phi) is 3.03. The normalized spacial score (nSPS) is 11.0. The van der Waals surface area contributed by atoms with Crippen molar-refractivity contribution >= 4 is 67.2 Å². The summed E-state index contributed by atoms with van der Waals surface area (Å²) in [6, 6.07) is 6.17. The maximum Gasteiger partial charge on any atom is 0.0852 e. The summed E-state index contributed by atoms with van der Waals surface area (Å²) in [6.07, 6.45) is 0. The Hall–Kier alpha value is 0.490. The molecule has 0 unspecified atom stereocenters. The fourth-order valence-corrected chi connectivity index (χ4v) is 3.46. The number of fused-ring (bicyclic) bond motifs is 1. The molecule has 0 bridgehead atoms. The molecule has 0 amide bonds. The summed E-state index contributed by atoms with van der Waals surface area (Å²) in [5.41, 5.74) is 1.12. The van der Waals surface area contributed by atoms with Crippen molar-refractivity contribution in [3.05, 3.63) is 31.7 Å². The van der Waals surface area contributed by atoms with E-state index in [1.807, 2.05) is 6.07 Å². The molecule has 0 nitrogen and oxygen atoms in total. The summed E-state index contributed by atoms with van der Waals surface area (Å²) < 4.78 is 2.37. The Bertz CT molecular complexity index is 450. The lowest BCUT2D eigenvalue weighted by Crippen LogP contribution is -1.75. The van der Waals surface area contributed by atoms with Gasteiger partial charge in [-0.25, -0.2) is 0 Å². The summed E-state index contributed by atoms with van der Waals surface area (Å²) in [5.74, 6) is 0.540. The Morgan fingerprint density at radius 2 is 2.15 bits per heavy atom. The molecule has 2 aromatic rings. The predicted molar refractivity (Wildman–Crippen MR) is 69.1 cm³/mol. The van der Waals surface area contributed by atoms with E-state index in [4.69, 9.17) is 23.2 Å². The highest BCUT2D eigenvalue weighted by Crippen LogP contribution is 2.36. The Morgan fingerprint density at radius 3 is 2.85 bits per heavy atom. The zero-order valence-corrected chi connectivity index (χ0v) is 11.0. The van der Waals surface area contributed by atoms with E-state index < -0.39 is 0 Å². The van der Waals surface area contributed by atoms with Gasteiger partial charge in [-0.05, 0) is 40.3 Å². The molecule has 0 N–H and O–H groups in total. The lowest BCUT2D eigenvalue weighted by molar-refractivity contribution is 1.43. The van der Waals surface area contributed by atoms with Crippen molar-refractivity contribution in [2.75, 3.05) is 0 Å². The third-order valence-electron chi connectivity index (χ3n) is 1.81. The van der Waals surface area contributed by atoms with E-state index in [0.717, 1.165) is 18.9 Å². The third-order valence-corrected chi connectivity index (χ3v) is 5.10. The van der Waals surface area contributed by atoms with E-state index in [1.54, 1.807) is 11.3 Å². The minimum atomic E-state index is 0.540. The van der Waals surface area contributed by atoms with Crippen molar-refractivity contribution in [2.45, 2.75) is 5.88 Å². The molecular formula is C9H5Cl2IS. The van der Waals surface area contributed by atoms with Crippen LogP contribution in [0.4, 0.5) is 0 Å². The van der Waals surface area contributed by atoms with Gasteiger partial charge in [-0.2, -0.15) is 0 Å². The molecule has 13 heavy (non-hydrogen) atoms. The highest BCUT2D eigenvalue weighted by Gasteiger charge is 2.07. The molecule has 0 atom stereocenters. The van der Waals surface area contributed by atoms with Crippen LogP contribution < -0.4 is 0 Å².